The number of hydrogen-bond acceptors (Lipinski definition) is 8. The van der Waals surface area contributed by atoms with Crippen molar-refractivity contribution >= 4 is 12.0 Å². The summed E-state index contributed by atoms with van der Waals surface area (Å²) in [5.41, 5.74) is 3.46. The van der Waals surface area contributed by atoms with Gasteiger partial charge in [0.05, 0.1) is 31.8 Å². The average molecular weight is 510 g/mol. The lowest BCUT2D eigenvalue weighted by atomic mass is 9.68. The lowest BCUT2D eigenvalue weighted by molar-refractivity contribution is -0.132. The van der Waals surface area contributed by atoms with E-state index >= 15 is 0 Å². The van der Waals surface area contributed by atoms with Crippen LogP contribution in [-0.2, 0) is 28.5 Å². The zero-order valence-electron chi connectivity index (χ0n) is 22.5. The number of allylic oxidation sites excluding steroid dienone is 1. The van der Waals surface area contributed by atoms with Crippen molar-refractivity contribution in [1.29, 1.82) is 0 Å². The molecular formula is C26H43N3O7. The Morgan fingerprint density at radius 3 is 2.50 bits per heavy atom. The highest BCUT2D eigenvalue weighted by Crippen LogP contribution is 2.59. The molecule has 3 heterocycles. The number of hydrogen-bond donors (Lipinski definition) is 2. The van der Waals surface area contributed by atoms with Crippen molar-refractivity contribution in [3.8, 4) is 0 Å². The highest BCUT2D eigenvalue weighted by molar-refractivity contribution is 5.85. The maximum absolute atomic E-state index is 13.0. The largest absolute Gasteiger partial charge is 0.443 e. The van der Waals surface area contributed by atoms with E-state index in [9.17, 15) is 9.59 Å². The number of hydrazine groups is 1. The summed E-state index contributed by atoms with van der Waals surface area (Å²) in [6.07, 6.45) is 3.06. The van der Waals surface area contributed by atoms with Crippen molar-refractivity contribution in [2.75, 3.05) is 40.0 Å². The van der Waals surface area contributed by atoms with E-state index in [0.29, 0.717) is 39.3 Å². The van der Waals surface area contributed by atoms with Crippen LogP contribution < -0.4 is 10.7 Å². The Morgan fingerprint density at radius 2 is 1.92 bits per heavy atom. The molecule has 36 heavy (non-hydrogen) atoms. The Kier molecular flexibility index (Phi) is 8.31. The van der Waals surface area contributed by atoms with Gasteiger partial charge in [-0.2, -0.15) is 0 Å². The van der Waals surface area contributed by atoms with Crippen LogP contribution in [0, 0.1) is 11.8 Å². The molecule has 0 aromatic rings. The van der Waals surface area contributed by atoms with Crippen LogP contribution in [0.25, 0.3) is 0 Å². The lowest BCUT2D eigenvalue weighted by Crippen LogP contribution is -2.58. The monoisotopic (exact) mass is 509 g/mol. The number of alkyl carbamates (subject to hydrolysis) is 1. The summed E-state index contributed by atoms with van der Waals surface area (Å²) in [6, 6.07) is -0.725. The van der Waals surface area contributed by atoms with Crippen LogP contribution in [-0.4, -0.2) is 92.6 Å². The molecule has 0 aromatic heterocycles. The number of methoxy groups -OCH3 is 1. The van der Waals surface area contributed by atoms with E-state index < -0.39 is 23.8 Å². The number of nitrogens with zero attached hydrogens (tertiary/aromatic N) is 1. The van der Waals surface area contributed by atoms with Crippen LogP contribution in [0.15, 0.2) is 11.6 Å². The number of carbonyl (C=O) groups excluding carboxylic acids is 2. The molecule has 0 unspecified atom stereocenters. The highest BCUT2D eigenvalue weighted by Gasteiger charge is 2.72. The molecule has 3 saturated heterocycles. The predicted molar refractivity (Wildman–Crippen MR) is 132 cm³/mol. The van der Waals surface area contributed by atoms with Gasteiger partial charge in [0.1, 0.15) is 29.5 Å². The van der Waals surface area contributed by atoms with Crippen molar-refractivity contribution in [3.05, 3.63) is 11.6 Å². The first-order valence-corrected chi connectivity index (χ1v) is 13.2. The Hall–Kier alpha value is -1.72. The number of ether oxygens (including phenoxy) is 5. The second-order valence-electron chi connectivity index (χ2n) is 11.3. The van der Waals surface area contributed by atoms with E-state index in [4.69, 9.17) is 23.7 Å². The standard InChI is InChI=1S/C26H43N3O7/c1-16(2)7-8-19-25(5,36-19)22-21(32-6)18(9-10-26(22)15-34-26)35-24(31)27-20(17(3)4)23(30)28-29-11-13-33-14-12-29/h7,17-22H,8-15H2,1-6H3,(H,27,31)(H,28,30)/t18-,19-,20-,21-,22-,25+,26+/m1/s1. The van der Waals surface area contributed by atoms with E-state index in [1.807, 2.05) is 18.9 Å². The fourth-order valence-corrected chi connectivity index (χ4v) is 5.80. The molecule has 0 bridgehead atoms. The van der Waals surface area contributed by atoms with Gasteiger partial charge in [0.25, 0.3) is 5.91 Å². The molecule has 1 aliphatic carbocycles. The van der Waals surface area contributed by atoms with Gasteiger partial charge in [-0.15, -0.1) is 0 Å². The minimum Gasteiger partial charge on any atom is -0.443 e. The summed E-state index contributed by atoms with van der Waals surface area (Å²) in [4.78, 5) is 25.9. The maximum atomic E-state index is 13.0. The first-order chi connectivity index (χ1) is 17.1. The van der Waals surface area contributed by atoms with E-state index in [-0.39, 0.29) is 35.6 Å². The van der Waals surface area contributed by atoms with Gasteiger partial charge in [0, 0.05) is 20.2 Å². The van der Waals surface area contributed by atoms with E-state index in [1.54, 1.807) is 7.11 Å². The molecule has 7 atom stereocenters. The van der Waals surface area contributed by atoms with Crippen molar-refractivity contribution in [3.63, 3.8) is 0 Å². The van der Waals surface area contributed by atoms with Gasteiger partial charge in [0.2, 0.25) is 0 Å². The molecule has 4 fully saturated rings. The van der Waals surface area contributed by atoms with Crippen LogP contribution in [0.3, 0.4) is 0 Å². The van der Waals surface area contributed by atoms with Crippen LogP contribution in [0.5, 0.6) is 0 Å². The molecule has 1 spiro atoms. The van der Waals surface area contributed by atoms with Crippen molar-refractivity contribution in [2.45, 2.75) is 89.4 Å². The summed E-state index contributed by atoms with van der Waals surface area (Å²) < 4.78 is 29.4. The van der Waals surface area contributed by atoms with Gasteiger partial charge >= 0.3 is 6.09 Å². The average Bonchev–Trinajstić information content (AvgIpc) is 3.74. The SMILES string of the molecule is CO[C@@H]1[C@H](OC(=O)N[C@@H](C(=O)NN2CCOCC2)C(C)C)CC[C@]2(CO2)[C@H]1[C@@]1(C)O[C@@H]1CC=C(C)C. The number of morpholine rings is 1. The predicted octanol–water partition coefficient (Wildman–Crippen LogP) is 2.18. The van der Waals surface area contributed by atoms with E-state index in [1.165, 1.54) is 5.57 Å². The minimum atomic E-state index is -0.725. The molecule has 3 aliphatic heterocycles. The fourth-order valence-electron chi connectivity index (χ4n) is 5.80. The van der Waals surface area contributed by atoms with E-state index in [2.05, 4.69) is 37.6 Å². The fraction of sp³-hybridized carbons (Fsp3) is 0.846. The molecule has 4 rings (SSSR count). The molecular weight excluding hydrogens is 466 g/mol. The smallest absolute Gasteiger partial charge is 0.408 e. The number of carbonyl (C=O) groups is 2. The lowest BCUT2D eigenvalue weighted by Gasteiger charge is -2.42. The Balaban J connectivity index is 1.39. The normalized spacial score (nSPS) is 36.8. The van der Waals surface area contributed by atoms with Gasteiger partial charge in [-0.3, -0.25) is 10.2 Å². The molecule has 2 amide bonds. The summed E-state index contributed by atoms with van der Waals surface area (Å²) in [7, 11) is 1.65. The first-order valence-electron chi connectivity index (χ1n) is 13.2. The van der Waals surface area contributed by atoms with Crippen molar-refractivity contribution in [1.82, 2.24) is 15.8 Å². The molecule has 204 valence electrons. The van der Waals surface area contributed by atoms with Crippen LogP contribution in [0.2, 0.25) is 0 Å². The topological polar surface area (TPSA) is 114 Å². The molecule has 10 heteroatoms. The third kappa shape index (κ3) is 5.88. The maximum Gasteiger partial charge on any atom is 0.408 e. The molecule has 4 aliphatic rings. The summed E-state index contributed by atoms with van der Waals surface area (Å²) >= 11 is 0. The molecule has 2 N–H and O–H groups in total. The minimum absolute atomic E-state index is 0.0531. The zero-order chi connectivity index (χ0) is 26.1. The third-order valence-corrected chi connectivity index (χ3v) is 8.00. The number of rotatable bonds is 9. The molecule has 10 nitrogen and oxygen atoms in total. The van der Waals surface area contributed by atoms with Gasteiger partial charge in [0.15, 0.2) is 0 Å². The number of amides is 2. The van der Waals surface area contributed by atoms with Crippen LogP contribution in [0.4, 0.5) is 4.79 Å². The second-order valence-corrected chi connectivity index (χ2v) is 11.3. The second kappa shape index (κ2) is 10.9. The summed E-state index contributed by atoms with van der Waals surface area (Å²) in [6.45, 7) is 13.1. The third-order valence-electron chi connectivity index (χ3n) is 8.00. The Bertz CT molecular complexity index is 835. The zero-order valence-corrected chi connectivity index (χ0v) is 22.5. The number of nitrogens with one attached hydrogen (secondary N) is 2. The quantitative estimate of drug-likeness (QED) is 0.359. The summed E-state index contributed by atoms with van der Waals surface area (Å²) in [5.74, 6) is -0.434. The Morgan fingerprint density at radius 1 is 1.22 bits per heavy atom. The molecule has 0 radical (unpaired) electrons. The first kappa shape index (κ1) is 27.3. The van der Waals surface area contributed by atoms with Gasteiger partial charge in [-0.25, -0.2) is 9.80 Å². The van der Waals surface area contributed by atoms with Crippen LogP contribution in [0.1, 0.15) is 53.9 Å². The highest BCUT2D eigenvalue weighted by atomic mass is 16.6. The van der Waals surface area contributed by atoms with Crippen molar-refractivity contribution in [2.24, 2.45) is 11.8 Å². The van der Waals surface area contributed by atoms with Crippen molar-refractivity contribution < 1.29 is 33.3 Å². The number of epoxide rings is 2. The Labute approximate surface area is 214 Å². The molecule has 1 saturated carbocycles. The van der Waals surface area contributed by atoms with Gasteiger partial charge < -0.3 is 29.0 Å². The van der Waals surface area contributed by atoms with E-state index in [0.717, 1.165) is 12.8 Å². The molecule has 0 aromatic carbocycles. The van der Waals surface area contributed by atoms with Crippen LogP contribution >= 0.6 is 0 Å². The summed E-state index contributed by atoms with van der Waals surface area (Å²) in [5, 5.41) is 4.61. The van der Waals surface area contributed by atoms with Gasteiger partial charge in [-0.1, -0.05) is 25.5 Å². The van der Waals surface area contributed by atoms with Gasteiger partial charge in [-0.05, 0) is 46.0 Å².